The van der Waals surface area contributed by atoms with E-state index in [1.54, 1.807) is 14.2 Å². The summed E-state index contributed by atoms with van der Waals surface area (Å²) in [5.74, 6) is 1.38. The monoisotopic (exact) mass is 664 g/mol. The van der Waals surface area contributed by atoms with Crippen molar-refractivity contribution in [3.63, 3.8) is 0 Å². The molecule has 2 N–H and O–H groups in total. The van der Waals surface area contributed by atoms with Crippen molar-refractivity contribution in [1.29, 1.82) is 0 Å². The summed E-state index contributed by atoms with van der Waals surface area (Å²) in [5, 5.41) is 26.4. The molecule has 6 aromatic carbocycles. The number of anilines is 2. The molecule has 0 amide bonds. The second-order valence-corrected chi connectivity index (χ2v) is 12.9. The van der Waals surface area contributed by atoms with E-state index in [4.69, 9.17) is 9.47 Å². The number of rotatable bonds is 11. The van der Waals surface area contributed by atoms with Crippen LogP contribution in [0.5, 0.6) is 11.5 Å². The van der Waals surface area contributed by atoms with Crippen molar-refractivity contribution < 1.29 is 19.7 Å². The largest absolute Gasteiger partial charge is 0.497 e. The zero-order valence-electron chi connectivity index (χ0n) is 29.5. The van der Waals surface area contributed by atoms with Crippen LogP contribution in [0, 0.1) is 0 Å². The lowest BCUT2D eigenvalue weighted by atomic mass is 9.73. The summed E-state index contributed by atoms with van der Waals surface area (Å²) in [4.78, 5) is 4.08. The molecule has 0 spiro atoms. The zero-order valence-corrected chi connectivity index (χ0v) is 29.5. The van der Waals surface area contributed by atoms with Crippen molar-refractivity contribution >= 4 is 11.4 Å². The molecule has 0 fully saturated rings. The van der Waals surface area contributed by atoms with Crippen LogP contribution in [0.1, 0.15) is 33.4 Å². The molecule has 0 saturated carbocycles. The number of hydrogen-bond acceptors (Lipinski definition) is 6. The molecular weight excluding hydrogens is 620 g/mol. The third kappa shape index (κ3) is 6.20. The predicted molar refractivity (Wildman–Crippen MR) is 204 cm³/mol. The Labute approximate surface area is 295 Å². The first-order valence-corrected chi connectivity index (χ1v) is 16.6. The first kappa shape index (κ1) is 34.3. The molecule has 6 heteroatoms. The van der Waals surface area contributed by atoms with Crippen molar-refractivity contribution in [2.75, 3.05) is 52.2 Å². The van der Waals surface area contributed by atoms with Crippen LogP contribution in [0.25, 0.3) is 11.1 Å². The van der Waals surface area contributed by atoms with Crippen molar-refractivity contribution in [1.82, 2.24) is 0 Å². The fourth-order valence-corrected chi connectivity index (χ4v) is 6.69. The Kier molecular flexibility index (Phi) is 9.69. The minimum absolute atomic E-state index is 0.663. The van der Waals surface area contributed by atoms with E-state index in [0.29, 0.717) is 33.8 Å². The average molecular weight is 665 g/mol. The molecular formula is C44H44N2O4. The van der Waals surface area contributed by atoms with Gasteiger partial charge in [0.1, 0.15) is 22.7 Å². The topological polar surface area (TPSA) is 65.4 Å². The Morgan fingerprint density at radius 3 is 0.960 bits per heavy atom. The summed E-state index contributed by atoms with van der Waals surface area (Å²) in [7, 11) is 11.3. The minimum atomic E-state index is -1.58. The molecule has 6 nitrogen and oxygen atoms in total. The molecule has 50 heavy (non-hydrogen) atoms. The van der Waals surface area contributed by atoms with Crippen molar-refractivity contribution in [3.8, 4) is 22.6 Å². The van der Waals surface area contributed by atoms with Gasteiger partial charge < -0.3 is 29.5 Å². The maximum Gasteiger partial charge on any atom is 0.141 e. The van der Waals surface area contributed by atoms with Gasteiger partial charge in [-0.1, -0.05) is 97.1 Å². The van der Waals surface area contributed by atoms with E-state index in [0.717, 1.165) is 33.6 Å². The van der Waals surface area contributed by atoms with E-state index >= 15 is 0 Å². The highest BCUT2D eigenvalue weighted by atomic mass is 16.5. The number of hydrogen-bond donors (Lipinski definition) is 2. The maximum atomic E-state index is 13.3. The Morgan fingerprint density at radius 2 is 0.680 bits per heavy atom. The Bertz CT molecular complexity index is 1940. The summed E-state index contributed by atoms with van der Waals surface area (Å²) in [6.07, 6.45) is 0. The maximum absolute atomic E-state index is 13.3. The Balaban J connectivity index is 1.62. The molecule has 0 saturated heterocycles. The summed E-state index contributed by atoms with van der Waals surface area (Å²) >= 11 is 0. The molecule has 0 aliphatic rings. The summed E-state index contributed by atoms with van der Waals surface area (Å²) in [5.41, 5.74) is 4.65. The molecule has 0 radical (unpaired) electrons. The quantitative estimate of drug-likeness (QED) is 0.137. The van der Waals surface area contributed by atoms with Gasteiger partial charge in [0.2, 0.25) is 0 Å². The van der Waals surface area contributed by atoms with Gasteiger partial charge in [-0.3, -0.25) is 0 Å². The van der Waals surface area contributed by atoms with Gasteiger partial charge in [0.25, 0.3) is 0 Å². The van der Waals surface area contributed by atoms with Gasteiger partial charge in [0, 0.05) is 50.7 Å². The van der Waals surface area contributed by atoms with E-state index in [9.17, 15) is 10.2 Å². The summed E-state index contributed by atoms with van der Waals surface area (Å²) < 4.78 is 10.9. The Hall–Kier alpha value is -5.56. The van der Waals surface area contributed by atoms with E-state index in [1.165, 1.54) is 0 Å². The smallest absolute Gasteiger partial charge is 0.141 e. The highest BCUT2D eigenvalue weighted by Crippen LogP contribution is 2.47. The number of benzene rings is 6. The molecule has 6 rings (SSSR count). The van der Waals surface area contributed by atoms with E-state index in [1.807, 2.05) is 184 Å². The van der Waals surface area contributed by atoms with Crippen LogP contribution < -0.4 is 19.3 Å². The third-order valence-corrected chi connectivity index (χ3v) is 9.54. The first-order valence-electron chi connectivity index (χ1n) is 16.6. The highest BCUT2D eigenvalue weighted by molar-refractivity contribution is 5.77. The second-order valence-electron chi connectivity index (χ2n) is 12.9. The lowest BCUT2D eigenvalue weighted by Crippen LogP contribution is -2.31. The van der Waals surface area contributed by atoms with Crippen LogP contribution in [0.2, 0.25) is 0 Å². The summed E-state index contributed by atoms with van der Waals surface area (Å²) in [6, 6.07) is 46.8. The van der Waals surface area contributed by atoms with Gasteiger partial charge in [0.15, 0.2) is 0 Å². The zero-order chi connectivity index (χ0) is 35.5. The molecule has 0 aliphatic carbocycles. The van der Waals surface area contributed by atoms with E-state index in [-0.39, 0.29) is 0 Å². The van der Waals surface area contributed by atoms with E-state index in [2.05, 4.69) is 0 Å². The molecule has 0 atom stereocenters. The Morgan fingerprint density at radius 1 is 0.400 bits per heavy atom. The number of aliphatic hydroxyl groups is 2. The second kappa shape index (κ2) is 14.1. The molecule has 0 unspecified atom stereocenters. The van der Waals surface area contributed by atoms with Gasteiger partial charge in [-0.05, 0) is 81.9 Å². The van der Waals surface area contributed by atoms with Crippen LogP contribution in [-0.2, 0) is 11.2 Å². The van der Waals surface area contributed by atoms with Crippen molar-refractivity contribution in [2.24, 2.45) is 0 Å². The molecule has 0 aliphatic heterocycles. The summed E-state index contributed by atoms with van der Waals surface area (Å²) in [6.45, 7) is 0. The van der Waals surface area contributed by atoms with Crippen LogP contribution in [-0.4, -0.2) is 52.6 Å². The highest BCUT2D eigenvalue weighted by Gasteiger charge is 2.40. The normalized spacial score (nSPS) is 11.6. The average Bonchev–Trinajstić information content (AvgIpc) is 3.17. The molecule has 6 aromatic rings. The lowest BCUT2D eigenvalue weighted by molar-refractivity contribution is 0.124. The van der Waals surface area contributed by atoms with Gasteiger partial charge in [0.05, 0.1) is 14.2 Å². The van der Waals surface area contributed by atoms with Gasteiger partial charge >= 0.3 is 0 Å². The fraction of sp³-hybridized carbons (Fsp3) is 0.182. The standard InChI is InChI=1S/C44H44N2O4/c1-45(2)35-23-15-31(16-24-35)43(47,32-17-25-36(26-18-32)46(3)4)41-13-9-7-11-39(41)40-12-8-10-14-42(40)44(48,33-19-27-37(49-5)28-20-33)34-21-29-38(50-6)30-22-34/h7-30,47-48H,1-6H3. The molecule has 0 heterocycles. The number of nitrogens with zero attached hydrogens (tertiary/aromatic N) is 2. The van der Waals surface area contributed by atoms with Crippen LogP contribution in [0.15, 0.2) is 146 Å². The van der Waals surface area contributed by atoms with Gasteiger partial charge in [-0.15, -0.1) is 0 Å². The van der Waals surface area contributed by atoms with Gasteiger partial charge in [-0.2, -0.15) is 0 Å². The van der Waals surface area contributed by atoms with Crippen molar-refractivity contribution in [3.05, 3.63) is 179 Å². The number of ether oxygens (including phenoxy) is 2. The SMILES string of the molecule is COc1ccc(C(O)(c2ccc(OC)cc2)c2ccccc2-c2ccccc2C(O)(c2ccc(N(C)C)cc2)c2ccc(N(C)C)cc2)cc1. The molecule has 254 valence electrons. The fourth-order valence-electron chi connectivity index (χ4n) is 6.69. The van der Waals surface area contributed by atoms with Gasteiger partial charge in [-0.25, -0.2) is 0 Å². The third-order valence-electron chi connectivity index (χ3n) is 9.54. The van der Waals surface area contributed by atoms with E-state index < -0.39 is 11.2 Å². The predicted octanol–water partition coefficient (Wildman–Crippen LogP) is 8.07. The van der Waals surface area contributed by atoms with Crippen LogP contribution in [0.4, 0.5) is 11.4 Å². The number of methoxy groups -OCH3 is 2. The van der Waals surface area contributed by atoms with Crippen LogP contribution >= 0.6 is 0 Å². The van der Waals surface area contributed by atoms with Crippen LogP contribution in [0.3, 0.4) is 0 Å². The molecule has 0 bridgehead atoms. The molecule has 0 aromatic heterocycles. The minimum Gasteiger partial charge on any atom is -0.497 e. The lowest BCUT2D eigenvalue weighted by Gasteiger charge is -2.35. The first-order chi connectivity index (χ1) is 24.1. The van der Waals surface area contributed by atoms with Crippen molar-refractivity contribution in [2.45, 2.75) is 11.2 Å².